The Bertz CT molecular complexity index is 870. The van der Waals surface area contributed by atoms with Crippen LogP contribution in [0.15, 0.2) is 47.4 Å². The average molecular weight is 385 g/mol. The number of hydrogen-bond donors (Lipinski definition) is 1. The summed E-state index contributed by atoms with van der Waals surface area (Å²) in [5.41, 5.74) is 0.599. The van der Waals surface area contributed by atoms with Gasteiger partial charge in [-0.05, 0) is 43.8 Å². The molecular formula is C21H23NO4S. The predicted octanol–water partition coefficient (Wildman–Crippen LogP) is 4.37. The van der Waals surface area contributed by atoms with Crippen LogP contribution in [0.5, 0.6) is 5.75 Å². The number of benzene rings is 1. The number of nitrogens with zero attached hydrogens (tertiary/aromatic N) is 1. The fourth-order valence-corrected chi connectivity index (χ4v) is 4.08. The van der Waals surface area contributed by atoms with Crippen molar-refractivity contribution in [1.29, 1.82) is 0 Å². The zero-order valence-corrected chi connectivity index (χ0v) is 16.5. The third kappa shape index (κ3) is 3.76. The number of amides is 1. The first-order valence-corrected chi connectivity index (χ1v) is 9.91. The summed E-state index contributed by atoms with van der Waals surface area (Å²) in [4.78, 5) is 27.7. The monoisotopic (exact) mass is 385 g/mol. The van der Waals surface area contributed by atoms with Gasteiger partial charge in [-0.25, -0.2) is 0 Å². The molecule has 1 aliphatic rings. The number of aliphatic hydroxyl groups excluding tert-OH is 1. The molecule has 3 rings (SSSR count). The van der Waals surface area contributed by atoms with E-state index in [0.29, 0.717) is 17.9 Å². The van der Waals surface area contributed by atoms with Crippen molar-refractivity contribution in [2.45, 2.75) is 39.3 Å². The lowest BCUT2D eigenvalue weighted by atomic mass is 9.99. The second kappa shape index (κ2) is 7.96. The fourth-order valence-electron chi connectivity index (χ4n) is 3.24. The Kier molecular flexibility index (Phi) is 5.65. The van der Waals surface area contributed by atoms with Crippen LogP contribution >= 0.6 is 11.3 Å². The van der Waals surface area contributed by atoms with E-state index in [9.17, 15) is 14.7 Å². The van der Waals surface area contributed by atoms with Gasteiger partial charge in [0.2, 0.25) is 0 Å². The minimum atomic E-state index is -0.644. The Morgan fingerprint density at radius 1 is 1.26 bits per heavy atom. The highest BCUT2D eigenvalue weighted by Gasteiger charge is 2.46. The van der Waals surface area contributed by atoms with E-state index in [0.717, 1.165) is 11.3 Å². The molecule has 1 amide bonds. The fraction of sp³-hybridized carbons (Fsp3) is 0.333. The Morgan fingerprint density at radius 3 is 2.67 bits per heavy atom. The highest BCUT2D eigenvalue weighted by molar-refractivity contribution is 7.10. The quantitative estimate of drug-likeness (QED) is 0.456. The predicted molar refractivity (Wildman–Crippen MR) is 106 cm³/mol. The van der Waals surface area contributed by atoms with Crippen molar-refractivity contribution >= 4 is 28.8 Å². The van der Waals surface area contributed by atoms with E-state index in [-0.39, 0.29) is 17.4 Å². The molecule has 2 aromatic rings. The Labute approximate surface area is 162 Å². The summed E-state index contributed by atoms with van der Waals surface area (Å²) in [6.07, 6.45) is 0.718. The molecule has 1 aromatic heterocycles. The van der Waals surface area contributed by atoms with Crippen molar-refractivity contribution in [2.24, 2.45) is 0 Å². The maximum Gasteiger partial charge on any atom is 0.295 e. The van der Waals surface area contributed by atoms with Gasteiger partial charge in [-0.3, -0.25) is 9.59 Å². The number of likely N-dealkylation sites (tertiary alicyclic amines) is 1. The molecule has 1 saturated heterocycles. The van der Waals surface area contributed by atoms with Crippen LogP contribution in [0, 0.1) is 0 Å². The Morgan fingerprint density at radius 2 is 2.04 bits per heavy atom. The molecule has 0 saturated carbocycles. The van der Waals surface area contributed by atoms with Gasteiger partial charge in [0.25, 0.3) is 11.7 Å². The van der Waals surface area contributed by atoms with Gasteiger partial charge in [-0.15, -0.1) is 11.3 Å². The molecule has 1 N–H and O–H groups in total. The van der Waals surface area contributed by atoms with E-state index in [1.807, 2.05) is 38.3 Å². The van der Waals surface area contributed by atoms with Crippen molar-refractivity contribution in [1.82, 2.24) is 4.90 Å². The number of ether oxygens (including phenoxy) is 1. The van der Waals surface area contributed by atoms with Crippen LogP contribution in [-0.2, 0) is 9.59 Å². The van der Waals surface area contributed by atoms with Gasteiger partial charge < -0.3 is 14.7 Å². The van der Waals surface area contributed by atoms with Crippen molar-refractivity contribution in [3.8, 4) is 5.75 Å². The highest BCUT2D eigenvalue weighted by atomic mass is 32.1. The second-order valence-corrected chi connectivity index (χ2v) is 7.68. The van der Waals surface area contributed by atoms with Gasteiger partial charge >= 0.3 is 0 Å². The number of aliphatic hydroxyl groups is 1. The molecule has 1 aliphatic heterocycles. The molecule has 1 unspecified atom stereocenters. The molecule has 27 heavy (non-hydrogen) atoms. The maximum atomic E-state index is 12.7. The Balaban J connectivity index is 2.10. The summed E-state index contributed by atoms with van der Waals surface area (Å²) in [5.74, 6) is -0.773. The summed E-state index contributed by atoms with van der Waals surface area (Å²) >= 11 is 1.47. The van der Waals surface area contributed by atoms with Crippen LogP contribution in [0.2, 0.25) is 0 Å². The first-order chi connectivity index (χ1) is 12.9. The average Bonchev–Trinajstić information content (AvgIpc) is 3.24. The summed E-state index contributed by atoms with van der Waals surface area (Å²) < 4.78 is 5.68. The van der Waals surface area contributed by atoms with Gasteiger partial charge in [0.05, 0.1) is 17.7 Å². The minimum Gasteiger partial charge on any atom is -0.507 e. The third-order valence-electron chi connectivity index (χ3n) is 4.30. The number of hydrogen-bond acceptors (Lipinski definition) is 5. The molecule has 5 nitrogen and oxygen atoms in total. The van der Waals surface area contributed by atoms with E-state index in [4.69, 9.17) is 4.74 Å². The molecule has 2 heterocycles. The summed E-state index contributed by atoms with van der Waals surface area (Å²) in [5, 5.41) is 12.9. The summed E-state index contributed by atoms with van der Waals surface area (Å²) in [7, 11) is 0. The van der Waals surface area contributed by atoms with E-state index in [1.165, 1.54) is 11.3 Å². The smallest absolute Gasteiger partial charge is 0.295 e. The maximum absolute atomic E-state index is 12.7. The zero-order chi connectivity index (χ0) is 19.6. The number of Topliss-reactive ketones (excluding diaryl/α,β-unsaturated/α-hetero) is 1. The van der Waals surface area contributed by atoms with E-state index in [1.54, 1.807) is 29.2 Å². The first kappa shape index (κ1) is 19.2. The molecular weight excluding hydrogens is 362 g/mol. The molecule has 0 spiro atoms. The van der Waals surface area contributed by atoms with Crippen LogP contribution in [0.3, 0.4) is 0 Å². The normalized spacial score (nSPS) is 19.1. The lowest BCUT2D eigenvalue weighted by Gasteiger charge is -2.23. The van der Waals surface area contributed by atoms with Crippen molar-refractivity contribution < 1.29 is 19.4 Å². The zero-order valence-electron chi connectivity index (χ0n) is 15.6. The number of carbonyl (C=O) groups is 2. The Hall–Kier alpha value is -2.60. The molecule has 0 bridgehead atoms. The molecule has 0 radical (unpaired) electrons. The van der Waals surface area contributed by atoms with Crippen molar-refractivity contribution in [3.63, 3.8) is 0 Å². The van der Waals surface area contributed by atoms with Crippen molar-refractivity contribution in [3.05, 3.63) is 57.8 Å². The SMILES string of the molecule is CCCN1C(=O)C(=O)/C(=C(\O)c2cccc(OC(C)C)c2)C1c1cccs1. The molecule has 0 aliphatic carbocycles. The lowest BCUT2D eigenvalue weighted by Crippen LogP contribution is -2.30. The van der Waals surface area contributed by atoms with Crippen molar-refractivity contribution in [2.75, 3.05) is 6.54 Å². The van der Waals surface area contributed by atoms with Crippen LogP contribution in [0.25, 0.3) is 5.76 Å². The summed E-state index contributed by atoms with van der Waals surface area (Å²) in [6, 6.07) is 10.2. The van der Waals surface area contributed by atoms with Gasteiger partial charge in [0, 0.05) is 17.0 Å². The molecule has 6 heteroatoms. The molecule has 1 atom stereocenters. The van der Waals surface area contributed by atoms with Crippen LogP contribution < -0.4 is 4.74 Å². The standard InChI is InChI=1S/C21H23NO4S/c1-4-10-22-18(16-9-6-11-27-16)17(20(24)21(22)25)19(23)14-7-5-8-15(12-14)26-13(2)3/h5-9,11-13,18,23H,4,10H2,1-3H3/b19-17-. The minimum absolute atomic E-state index is 0.0105. The number of rotatable bonds is 6. The van der Waals surface area contributed by atoms with Crippen LogP contribution in [-0.4, -0.2) is 34.3 Å². The number of ketones is 1. The van der Waals surface area contributed by atoms with Crippen LogP contribution in [0.1, 0.15) is 43.7 Å². The first-order valence-electron chi connectivity index (χ1n) is 9.03. The topological polar surface area (TPSA) is 66.8 Å². The van der Waals surface area contributed by atoms with Gasteiger partial charge in [-0.2, -0.15) is 0 Å². The molecule has 1 aromatic carbocycles. The highest BCUT2D eigenvalue weighted by Crippen LogP contribution is 2.41. The number of thiophene rings is 1. The van der Waals surface area contributed by atoms with Crippen LogP contribution in [0.4, 0.5) is 0 Å². The van der Waals surface area contributed by atoms with Gasteiger partial charge in [0.1, 0.15) is 11.5 Å². The van der Waals surface area contributed by atoms with E-state index >= 15 is 0 Å². The molecule has 142 valence electrons. The summed E-state index contributed by atoms with van der Waals surface area (Å²) in [6.45, 7) is 6.25. The van der Waals surface area contributed by atoms with Gasteiger partial charge in [0.15, 0.2) is 0 Å². The number of carbonyl (C=O) groups excluding carboxylic acids is 2. The second-order valence-electron chi connectivity index (χ2n) is 6.70. The van der Waals surface area contributed by atoms with E-state index < -0.39 is 17.7 Å². The van der Waals surface area contributed by atoms with Gasteiger partial charge in [-0.1, -0.05) is 25.1 Å². The lowest BCUT2D eigenvalue weighted by molar-refractivity contribution is -0.139. The molecule has 1 fully saturated rings. The largest absolute Gasteiger partial charge is 0.507 e. The van der Waals surface area contributed by atoms with E-state index in [2.05, 4.69) is 0 Å². The third-order valence-corrected chi connectivity index (χ3v) is 5.22.